The Labute approximate surface area is 81.4 Å². The molecule has 3 aliphatic rings. The monoisotopic (exact) mass is 193 g/mol. The number of fused-ring (bicyclic) bond motifs is 1. The van der Waals surface area contributed by atoms with E-state index in [4.69, 9.17) is 0 Å². The van der Waals surface area contributed by atoms with E-state index in [0.29, 0.717) is 5.57 Å². The van der Waals surface area contributed by atoms with Gasteiger partial charge in [0.15, 0.2) is 0 Å². The first-order chi connectivity index (χ1) is 6.65. The van der Waals surface area contributed by atoms with Gasteiger partial charge in [-0.1, -0.05) is 25.2 Å². The highest BCUT2D eigenvalue weighted by Gasteiger charge is 2.54. The zero-order valence-electron chi connectivity index (χ0n) is 7.79. The Balaban J connectivity index is 2.33. The number of aldehydes is 1. The number of nitrogens with zero attached hydrogens (tertiary/aromatic N) is 1. The van der Waals surface area contributed by atoms with Crippen molar-refractivity contribution in [3.8, 4) is 0 Å². The summed E-state index contributed by atoms with van der Waals surface area (Å²) in [5, 5.41) is 10.7. The first-order valence-corrected chi connectivity index (χ1v) is 4.64. The van der Waals surface area contributed by atoms with Crippen LogP contribution in [0.4, 0.5) is 0 Å². The topological polar surface area (TPSA) is 60.2 Å². The Morgan fingerprint density at radius 1 is 1.50 bits per heavy atom. The third-order valence-corrected chi connectivity index (χ3v) is 3.28. The van der Waals surface area contributed by atoms with Crippen LogP contribution >= 0.6 is 0 Å². The van der Waals surface area contributed by atoms with Gasteiger partial charge in [-0.3, -0.25) is 14.9 Å². The van der Waals surface area contributed by atoms with Gasteiger partial charge in [0.05, 0.1) is 0 Å². The largest absolute Gasteiger partial charge is 0.298 e. The molecule has 0 aromatic heterocycles. The summed E-state index contributed by atoms with van der Waals surface area (Å²) in [5.41, 5.74) is 0.564. The van der Waals surface area contributed by atoms with Crippen LogP contribution in [0.5, 0.6) is 0 Å². The molecule has 74 valence electrons. The number of carbonyl (C=O) groups is 1. The van der Waals surface area contributed by atoms with Gasteiger partial charge in [0.1, 0.15) is 6.29 Å². The maximum Gasteiger partial charge on any atom is 0.226 e. The van der Waals surface area contributed by atoms with Crippen LogP contribution < -0.4 is 0 Å². The standard InChI is InChI=1S/C10H11NO3/c1-6-8-3-2-7(5-12)4-9(6)10(8)11(13)14/h2-6,8-10H,1H3. The van der Waals surface area contributed by atoms with Crippen molar-refractivity contribution in [2.45, 2.75) is 13.0 Å². The highest BCUT2D eigenvalue weighted by Crippen LogP contribution is 2.46. The van der Waals surface area contributed by atoms with Crippen LogP contribution in [-0.4, -0.2) is 17.3 Å². The van der Waals surface area contributed by atoms with Crippen molar-refractivity contribution >= 4 is 6.29 Å². The van der Waals surface area contributed by atoms with Gasteiger partial charge in [-0.05, 0) is 5.92 Å². The van der Waals surface area contributed by atoms with E-state index in [1.54, 1.807) is 18.2 Å². The van der Waals surface area contributed by atoms with E-state index in [-0.39, 0.29) is 22.7 Å². The van der Waals surface area contributed by atoms with Gasteiger partial charge in [-0.15, -0.1) is 0 Å². The molecular formula is C10H11NO3. The second kappa shape index (κ2) is 3.04. The maximum atomic E-state index is 10.7. The fourth-order valence-electron chi connectivity index (χ4n) is 2.39. The van der Waals surface area contributed by atoms with Crippen LogP contribution in [0.15, 0.2) is 23.8 Å². The maximum absolute atomic E-state index is 10.7. The highest BCUT2D eigenvalue weighted by atomic mass is 16.6. The second-order valence-electron chi connectivity index (χ2n) is 3.93. The van der Waals surface area contributed by atoms with Gasteiger partial charge in [0.2, 0.25) is 6.04 Å². The van der Waals surface area contributed by atoms with Crippen LogP contribution in [0.3, 0.4) is 0 Å². The minimum absolute atomic E-state index is 0.0105. The lowest BCUT2D eigenvalue weighted by Crippen LogP contribution is -2.52. The summed E-state index contributed by atoms with van der Waals surface area (Å²) in [6.45, 7) is 1.99. The fraction of sp³-hybridized carbons (Fsp3) is 0.500. The smallest absolute Gasteiger partial charge is 0.226 e. The molecule has 3 aliphatic carbocycles. The van der Waals surface area contributed by atoms with Crippen molar-refractivity contribution in [3.63, 3.8) is 0 Å². The normalized spacial score (nSPS) is 39.4. The Bertz CT molecular complexity index is 345. The van der Waals surface area contributed by atoms with E-state index in [1.165, 1.54) is 0 Å². The zero-order chi connectivity index (χ0) is 10.3. The van der Waals surface area contributed by atoms with E-state index in [0.717, 1.165) is 6.29 Å². The van der Waals surface area contributed by atoms with Crippen LogP contribution in [0, 0.1) is 27.9 Å². The lowest BCUT2D eigenvalue weighted by molar-refractivity contribution is -0.558. The van der Waals surface area contributed by atoms with Gasteiger partial charge in [-0.2, -0.15) is 0 Å². The van der Waals surface area contributed by atoms with Crippen molar-refractivity contribution in [1.29, 1.82) is 0 Å². The number of nitro groups is 1. The van der Waals surface area contributed by atoms with E-state index in [9.17, 15) is 14.9 Å². The van der Waals surface area contributed by atoms with Crippen molar-refractivity contribution < 1.29 is 9.72 Å². The quantitative estimate of drug-likeness (QED) is 0.376. The molecule has 4 atom stereocenters. The van der Waals surface area contributed by atoms with Crippen LogP contribution in [0.1, 0.15) is 6.92 Å². The molecule has 2 bridgehead atoms. The molecule has 0 aromatic carbocycles. The predicted octanol–water partition coefficient (Wildman–Crippen LogP) is 1.21. The van der Waals surface area contributed by atoms with Gasteiger partial charge < -0.3 is 0 Å². The molecule has 14 heavy (non-hydrogen) atoms. The summed E-state index contributed by atoms with van der Waals surface area (Å²) in [7, 11) is 0. The molecule has 0 amide bonds. The fourth-order valence-corrected chi connectivity index (χ4v) is 2.39. The summed E-state index contributed by atoms with van der Waals surface area (Å²) in [5.74, 6) is 0.188. The summed E-state index contributed by atoms with van der Waals surface area (Å²) < 4.78 is 0. The van der Waals surface area contributed by atoms with Crippen LogP contribution in [0.25, 0.3) is 0 Å². The van der Waals surface area contributed by atoms with Crippen molar-refractivity contribution in [2.24, 2.45) is 17.8 Å². The third kappa shape index (κ3) is 1.10. The lowest BCUT2D eigenvalue weighted by atomic mass is 9.62. The molecule has 0 spiro atoms. The van der Waals surface area contributed by atoms with Crippen molar-refractivity contribution in [2.75, 3.05) is 0 Å². The minimum Gasteiger partial charge on any atom is -0.298 e. The Morgan fingerprint density at radius 3 is 2.79 bits per heavy atom. The molecule has 4 unspecified atom stereocenters. The van der Waals surface area contributed by atoms with Crippen molar-refractivity contribution in [1.82, 2.24) is 0 Å². The number of allylic oxidation sites excluding steroid dienone is 2. The van der Waals surface area contributed by atoms with Crippen LogP contribution in [-0.2, 0) is 4.79 Å². The van der Waals surface area contributed by atoms with E-state index >= 15 is 0 Å². The summed E-state index contributed by atoms with van der Waals surface area (Å²) in [6.07, 6.45) is 5.96. The molecule has 4 nitrogen and oxygen atoms in total. The first kappa shape index (κ1) is 9.12. The SMILES string of the molecule is CC1C2C=CC(C=O)=CC1C2[N+](=O)[O-]. The molecule has 1 saturated carbocycles. The Hall–Kier alpha value is -1.45. The average molecular weight is 193 g/mol. The number of hydrogen-bond donors (Lipinski definition) is 0. The first-order valence-electron chi connectivity index (χ1n) is 4.64. The lowest BCUT2D eigenvalue weighted by Gasteiger charge is -2.40. The number of carbonyl (C=O) groups excluding carboxylic acids is 1. The van der Waals surface area contributed by atoms with Gasteiger partial charge in [0, 0.05) is 22.3 Å². The van der Waals surface area contributed by atoms with E-state index in [2.05, 4.69) is 0 Å². The highest BCUT2D eigenvalue weighted by molar-refractivity contribution is 5.78. The summed E-state index contributed by atoms with van der Waals surface area (Å²) >= 11 is 0. The molecule has 1 fully saturated rings. The average Bonchev–Trinajstić information content (AvgIpc) is 2.44. The molecule has 0 saturated heterocycles. The van der Waals surface area contributed by atoms with Gasteiger partial charge in [0.25, 0.3) is 0 Å². The number of hydrogen-bond acceptors (Lipinski definition) is 3. The summed E-state index contributed by atoms with van der Waals surface area (Å²) in [6, 6.07) is -0.529. The summed E-state index contributed by atoms with van der Waals surface area (Å²) in [4.78, 5) is 21.1. The van der Waals surface area contributed by atoms with E-state index in [1.807, 2.05) is 6.92 Å². The molecule has 0 aliphatic heterocycles. The zero-order valence-corrected chi connectivity index (χ0v) is 7.79. The Kier molecular flexibility index (Phi) is 1.98. The molecule has 0 heterocycles. The minimum atomic E-state index is -0.529. The second-order valence-corrected chi connectivity index (χ2v) is 3.93. The molecule has 4 heteroatoms. The van der Waals surface area contributed by atoms with Gasteiger partial charge >= 0.3 is 0 Å². The van der Waals surface area contributed by atoms with Crippen LogP contribution in [0.2, 0.25) is 0 Å². The van der Waals surface area contributed by atoms with Gasteiger partial charge in [-0.25, -0.2) is 0 Å². The predicted molar refractivity (Wildman–Crippen MR) is 50.2 cm³/mol. The van der Waals surface area contributed by atoms with E-state index < -0.39 is 6.04 Å². The Morgan fingerprint density at radius 2 is 2.21 bits per heavy atom. The van der Waals surface area contributed by atoms with Crippen molar-refractivity contribution in [3.05, 3.63) is 33.9 Å². The molecule has 3 rings (SSSR count). The molecule has 0 N–H and O–H groups in total. The molecule has 0 radical (unpaired) electrons. The molecule has 0 aromatic rings. The number of rotatable bonds is 2. The molecular weight excluding hydrogens is 182 g/mol. The third-order valence-electron chi connectivity index (χ3n) is 3.28.